The molecule has 19 heavy (non-hydrogen) atoms. The van der Waals surface area contributed by atoms with Crippen LogP contribution in [0, 0.1) is 0 Å². The summed E-state index contributed by atoms with van der Waals surface area (Å²) in [5.74, 6) is 0.495. The zero-order valence-corrected chi connectivity index (χ0v) is 11.1. The lowest BCUT2D eigenvalue weighted by Crippen LogP contribution is -1.87. The number of ether oxygens (including phenoxy) is 1. The number of hydrogen-bond donors (Lipinski definition) is 2. The van der Waals surface area contributed by atoms with Gasteiger partial charge >= 0.3 is 0 Å². The molecule has 0 unspecified atom stereocenters. The van der Waals surface area contributed by atoms with E-state index in [0.717, 1.165) is 5.56 Å². The normalized spacial score (nSPS) is 10.8. The first kappa shape index (κ1) is 13.2. The molecule has 0 heterocycles. The molecule has 0 fully saturated rings. The Hall–Kier alpha value is -2.20. The maximum atomic E-state index is 9.49. The Kier molecular flexibility index (Phi) is 3.92. The minimum Gasteiger partial charge on any atom is -0.504 e. The van der Waals surface area contributed by atoms with Crippen LogP contribution < -0.4 is 10.5 Å². The van der Waals surface area contributed by atoms with Crippen LogP contribution in [0.4, 0.5) is 11.4 Å². The van der Waals surface area contributed by atoms with Crippen LogP contribution in [0.15, 0.2) is 41.4 Å². The fraction of sp³-hybridized carbons (Fsp3) is 0.0714. The summed E-state index contributed by atoms with van der Waals surface area (Å²) in [6.07, 6.45) is 1.66. The maximum absolute atomic E-state index is 9.49. The van der Waals surface area contributed by atoms with Crippen molar-refractivity contribution in [1.29, 1.82) is 0 Å². The lowest BCUT2D eigenvalue weighted by atomic mass is 10.2. The highest BCUT2D eigenvalue weighted by atomic mass is 35.5. The van der Waals surface area contributed by atoms with Crippen molar-refractivity contribution in [1.82, 2.24) is 0 Å². The molecular formula is C14H13ClN2O2. The summed E-state index contributed by atoms with van der Waals surface area (Å²) in [5, 5.41) is 9.96. The van der Waals surface area contributed by atoms with Gasteiger partial charge in [-0.3, -0.25) is 4.99 Å². The van der Waals surface area contributed by atoms with E-state index in [9.17, 15) is 5.11 Å². The second-order valence-electron chi connectivity index (χ2n) is 3.90. The monoisotopic (exact) mass is 276 g/mol. The van der Waals surface area contributed by atoms with Crippen molar-refractivity contribution in [2.45, 2.75) is 0 Å². The van der Waals surface area contributed by atoms with Crippen LogP contribution in [0.3, 0.4) is 0 Å². The number of hydrogen-bond acceptors (Lipinski definition) is 4. The topological polar surface area (TPSA) is 67.8 Å². The zero-order chi connectivity index (χ0) is 13.8. The number of nitrogen functional groups attached to an aromatic ring is 1. The van der Waals surface area contributed by atoms with E-state index in [0.29, 0.717) is 22.1 Å². The molecule has 2 aromatic rings. The Morgan fingerprint density at radius 1 is 1.26 bits per heavy atom. The highest BCUT2D eigenvalue weighted by Crippen LogP contribution is 2.27. The molecule has 0 aliphatic heterocycles. The number of nitrogens with zero attached hydrogens (tertiary/aromatic N) is 1. The summed E-state index contributed by atoms with van der Waals surface area (Å²) in [7, 11) is 1.50. The third-order valence-electron chi connectivity index (χ3n) is 2.55. The van der Waals surface area contributed by atoms with Crippen LogP contribution in [0.5, 0.6) is 11.5 Å². The number of anilines is 1. The summed E-state index contributed by atoms with van der Waals surface area (Å²) in [6.45, 7) is 0. The standard InChI is InChI=1S/C14H13ClN2O2/c1-19-14-6-9(2-5-13(14)18)8-17-10-3-4-12(16)11(15)7-10/h2-8,18H,16H2,1H3. The molecule has 98 valence electrons. The van der Waals surface area contributed by atoms with Crippen LogP contribution in [0.25, 0.3) is 0 Å². The van der Waals surface area contributed by atoms with Crippen molar-refractivity contribution < 1.29 is 9.84 Å². The average molecular weight is 277 g/mol. The van der Waals surface area contributed by atoms with Gasteiger partial charge in [0.25, 0.3) is 0 Å². The molecule has 0 aliphatic carbocycles. The number of halogens is 1. The number of methoxy groups -OCH3 is 1. The molecule has 0 aromatic heterocycles. The number of phenols is 1. The van der Waals surface area contributed by atoms with Crippen LogP contribution >= 0.6 is 11.6 Å². The Morgan fingerprint density at radius 3 is 2.74 bits per heavy atom. The van der Waals surface area contributed by atoms with Crippen molar-refractivity contribution >= 4 is 29.2 Å². The molecule has 0 saturated heterocycles. The third-order valence-corrected chi connectivity index (χ3v) is 2.88. The first-order valence-corrected chi connectivity index (χ1v) is 5.94. The molecule has 0 aliphatic rings. The van der Waals surface area contributed by atoms with E-state index >= 15 is 0 Å². The molecule has 0 atom stereocenters. The van der Waals surface area contributed by atoms with E-state index in [1.807, 2.05) is 0 Å². The predicted octanol–water partition coefficient (Wildman–Crippen LogP) is 3.39. The second-order valence-corrected chi connectivity index (χ2v) is 4.30. The van der Waals surface area contributed by atoms with Crippen molar-refractivity contribution in [2.75, 3.05) is 12.8 Å². The van der Waals surface area contributed by atoms with Gasteiger partial charge in [0, 0.05) is 6.21 Å². The lowest BCUT2D eigenvalue weighted by molar-refractivity contribution is 0.373. The molecule has 0 saturated carbocycles. The third kappa shape index (κ3) is 3.17. The Morgan fingerprint density at radius 2 is 2.05 bits per heavy atom. The van der Waals surface area contributed by atoms with E-state index in [-0.39, 0.29) is 5.75 Å². The van der Waals surface area contributed by atoms with Crippen LogP contribution in [0.1, 0.15) is 5.56 Å². The van der Waals surface area contributed by atoms with Gasteiger partial charge in [0.05, 0.1) is 23.5 Å². The van der Waals surface area contributed by atoms with Crippen LogP contribution in [0.2, 0.25) is 5.02 Å². The van der Waals surface area contributed by atoms with E-state index in [2.05, 4.69) is 4.99 Å². The van der Waals surface area contributed by atoms with Gasteiger partial charge in [-0.25, -0.2) is 0 Å². The van der Waals surface area contributed by atoms with E-state index in [1.54, 1.807) is 42.6 Å². The Labute approximate surface area is 116 Å². The fourth-order valence-corrected chi connectivity index (χ4v) is 1.69. The maximum Gasteiger partial charge on any atom is 0.161 e. The fourth-order valence-electron chi connectivity index (χ4n) is 1.52. The summed E-state index contributed by atoms with van der Waals surface area (Å²) in [5.41, 5.74) is 7.65. The van der Waals surface area contributed by atoms with Crippen molar-refractivity contribution in [3.8, 4) is 11.5 Å². The minimum absolute atomic E-state index is 0.0928. The number of aliphatic imine (C=N–C) groups is 1. The first-order valence-electron chi connectivity index (χ1n) is 5.56. The molecule has 5 heteroatoms. The molecule has 0 radical (unpaired) electrons. The van der Waals surface area contributed by atoms with Gasteiger partial charge < -0.3 is 15.6 Å². The second kappa shape index (κ2) is 5.63. The Balaban J connectivity index is 2.24. The first-order chi connectivity index (χ1) is 9.10. The van der Waals surface area contributed by atoms with E-state index in [1.165, 1.54) is 7.11 Å². The molecule has 4 nitrogen and oxygen atoms in total. The van der Waals surface area contributed by atoms with Crippen LogP contribution in [-0.4, -0.2) is 18.4 Å². The predicted molar refractivity (Wildman–Crippen MR) is 77.8 cm³/mol. The van der Waals surface area contributed by atoms with Gasteiger partial charge in [-0.1, -0.05) is 11.6 Å². The van der Waals surface area contributed by atoms with Gasteiger partial charge in [-0.2, -0.15) is 0 Å². The van der Waals surface area contributed by atoms with Crippen molar-refractivity contribution in [2.24, 2.45) is 4.99 Å². The van der Waals surface area contributed by atoms with Gasteiger partial charge in [0.2, 0.25) is 0 Å². The minimum atomic E-state index is 0.0928. The highest BCUT2D eigenvalue weighted by molar-refractivity contribution is 6.33. The molecule has 2 rings (SSSR count). The smallest absolute Gasteiger partial charge is 0.161 e. The lowest BCUT2D eigenvalue weighted by Gasteiger charge is -2.03. The molecule has 0 bridgehead atoms. The number of benzene rings is 2. The largest absolute Gasteiger partial charge is 0.504 e. The van der Waals surface area contributed by atoms with Gasteiger partial charge in [-0.05, 0) is 42.0 Å². The molecular weight excluding hydrogens is 264 g/mol. The van der Waals surface area contributed by atoms with Crippen LogP contribution in [-0.2, 0) is 0 Å². The van der Waals surface area contributed by atoms with E-state index < -0.39 is 0 Å². The molecule has 2 aromatic carbocycles. The number of aromatic hydroxyl groups is 1. The molecule has 0 amide bonds. The quantitative estimate of drug-likeness (QED) is 0.667. The van der Waals surface area contributed by atoms with Crippen molar-refractivity contribution in [3.05, 3.63) is 47.0 Å². The number of nitrogens with two attached hydrogens (primary N) is 1. The summed E-state index contributed by atoms with van der Waals surface area (Å²) in [6, 6.07) is 10.1. The summed E-state index contributed by atoms with van der Waals surface area (Å²) < 4.78 is 5.02. The molecule has 0 spiro atoms. The van der Waals surface area contributed by atoms with Gasteiger partial charge in [0.1, 0.15) is 0 Å². The summed E-state index contributed by atoms with van der Waals surface area (Å²) >= 11 is 5.91. The SMILES string of the molecule is COc1cc(C=Nc2ccc(N)c(Cl)c2)ccc1O. The Bertz CT molecular complexity index is 627. The summed E-state index contributed by atoms with van der Waals surface area (Å²) in [4.78, 5) is 4.28. The van der Waals surface area contributed by atoms with Gasteiger partial charge in [-0.15, -0.1) is 0 Å². The van der Waals surface area contributed by atoms with Crippen molar-refractivity contribution in [3.63, 3.8) is 0 Å². The zero-order valence-electron chi connectivity index (χ0n) is 10.3. The van der Waals surface area contributed by atoms with E-state index in [4.69, 9.17) is 22.1 Å². The number of rotatable bonds is 3. The molecule has 3 N–H and O–H groups in total. The number of phenolic OH excluding ortho intramolecular Hbond substituents is 1. The average Bonchev–Trinajstić information content (AvgIpc) is 2.41. The van der Waals surface area contributed by atoms with Gasteiger partial charge in [0.15, 0.2) is 11.5 Å². The highest BCUT2D eigenvalue weighted by Gasteiger charge is 2.01.